The van der Waals surface area contributed by atoms with Gasteiger partial charge in [-0.3, -0.25) is 28.1 Å². The average Bonchev–Trinajstić information content (AvgIpc) is 2.88. The van der Waals surface area contributed by atoms with Gasteiger partial charge in [0.2, 0.25) is 5.91 Å². The number of β-amino-alcohol motifs (C(OH)–C–C–N with tert-alkyl or cyclic N) is 1. The largest absolute Gasteiger partial charge is 0.389 e. The maximum absolute atomic E-state index is 14.8. The molecule has 12 heteroatoms. The van der Waals surface area contributed by atoms with Crippen molar-refractivity contribution >= 4 is 50.9 Å². The zero-order valence-corrected chi connectivity index (χ0v) is 23.5. The minimum atomic E-state index is -0.676. The third-order valence-electron chi connectivity index (χ3n) is 6.93. The summed E-state index contributed by atoms with van der Waals surface area (Å²) in [4.78, 5) is 54.4. The van der Waals surface area contributed by atoms with Gasteiger partial charge in [0.25, 0.3) is 11.1 Å². The number of carbonyl (C=O) groups excluding carboxylic acids is 1. The van der Waals surface area contributed by atoms with E-state index >= 15 is 0 Å². The maximum Gasteiger partial charge on any atom is 0.335 e. The van der Waals surface area contributed by atoms with E-state index < -0.39 is 28.7 Å². The minimum Gasteiger partial charge on any atom is -0.389 e. The van der Waals surface area contributed by atoms with Gasteiger partial charge in [-0.15, -0.1) is 0 Å². The van der Waals surface area contributed by atoms with Crippen molar-refractivity contribution in [2.45, 2.75) is 19.4 Å². The van der Waals surface area contributed by atoms with Crippen LogP contribution in [0, 0.1) is 16.3 Å². The van der Waals surface area contributed by atoms with Crippen molar-refractivity contribution in [1.29, 1.82) is 0 Å². The fourth-order valence-electron chi connectivity index (χ4n) is 4.76. The number of hydrogen-bond donors (Lipinski definition) is 2. The number of carbonyl (C=O) groups is 1. The quantitative estimate of drug-likeness (QED) is 0.321. The van der Waals surface area contributed by atoms with Crippen molar-refractivity contribution in [2.75, 3.05) is 18.4 Å². The molecule has 0 atom stereocenters. The highest BCUT2D eigenvalue weighted by Gasteiger charge is 2.29. The van der Waals surface area contributed by atoms with Crippen LogP contribution in [0.5, 0.6) is 0 Å². The first kappa shape index (κ1) is 26.8. The molecule has 10 nitrogen and oxygen atoms in total. The fourth-order valence-corrected chi connectivity index (χ4v) is 5.21. The summed E-state index contributed by atoms with van der Waals surface area (Å²) in [7, 11) is 2.80. The highest BCUT2D eigenvalue weighted by atomic mass is 127. The third-order valence-corrected chi connectivity index (χ3v) is 7.60. The molecule has 4 aromatic rings. The predicted octanol–water partition coefficient (Wildman–Crippen LogP) is 1.93. The van der Waals surface area contributed by atoms with E-state index in [1.807, 2.05) is 22.6 Å². The van der Waals surface area contributed by atoms with Gasteiger partial charge in [-0.1, -0.05) is 12.1 Å². The molecule has 1 aliphatic heterocycles. The molecule has 1 aliphatic rings. The van der Waals surface area contributed by atoms with E-state index in [1.54, 1.807) is 35.2 Å². The summed E-state index contributed by atoms with van der Waals surface area (Å²) in [5.41, 5.74) is -0.510. The van der Waals surface area contributed by atoms with E-state index in [4.69, 9.17) is 0 Å². The van der Waals surface area contributed by atoms with Crippen LogP contribution in [-0.2, 0) is 25.3 Å². The lowest BCUT2D eigenvalue weighted by Crippen LogP contribution is -2.53. The standard InChI is InChI=1S/C27H25FIN5O5/c1-14-23-22(24(31(2)25(14)37)30-20-8-7-16(29)11-19(20)28)26(38)32(3)27(39)34(23)17-6-4-5-15(9-17)10-21(36)33-12-18(35)13-33/h4-9,11,18,30,35H,10,12-13H2,1-3H3. The van der Waals surface area contributed by atoms with Gasteiger partial charge < -0.3 is 15.3 Å². The Balaban J connectivity index is 1.73. The Morgan fingerprint density at radius 1 is 1.08 bits per heavy atom. The summed E-state index contributed by atoms with van der Waals surface area (Å²) in [6, 6.07) is 11.2. The molecule has 39 heavy (non-hydrogen) atoms. The van der Waals surface area contributed by atoms with E-state index in [2.05, 4.69) is 5.32 Å². The van der Waals surface area contributed by atoms with Gasteiger partial charge in [0.05, 0.1) is 29.4 Å². The Hall–Kier alpha value is -3.78. The van der Waals surface area contributed by atoms with Crippen LogP contribution in [0.2, 0.25) is 0 Å². The molecule has 1 amide bonds. The summed E-state index contributed by atoms with van der Waals surface area (Å²) in [5, 5.41) is 12.4. The minimum absolute atomic E-state index is 0.0331. The van der Waals surface area contributed by atoms with Gasteiger partial charge in [-0.05, 0) is 65.4 Å². The van der Waals surface area contributed by atoms with Crippen LogP contribution >= 0.6 is 22.6 Å². The lowest BCUT2D eigenvalue weighted by Gasteiger charge is -2.36. The van der Waals surface area contributed by atoms with Crippen LogP contribution < -0.4 is 22.1 Å². The molecule has 1 fully saturated rings. The number of aliphatic hydroxyl groups is 1. The van der Waals surface area contributed by atoms with Crippen LogP contribution in [-0.4, -0.2) is 48.8 Å². The second-order valence-corrected chi connectivity index (χ2v) is 10.8. The fraction of sp³-hybridized carbons (Fsp3) is 0.259. The zero-order valence-electron chi connectivity index (χ0n) is 21.4. The van der Waals surface area contributed by atoms with Crippen molar-refractivity contribution in [3.8, 4) is 5.69 Å². The summed E-state index contributed by atoms with van der Waals surface area (Å²) >= 11 is 1.98. The van der Waals surface area contributed by atoms with Gasteiger partial charge in [0.1, 0.15) is 17.0 Å². The summed E-state index contributed by atoms with van der Waals surface area (Å²) < 4.78 is 18.9. The molecule has 2 aromatic carbocycles. The Morgan fingerprint density at radius 2 is 1.79 bits per heavy atom. The highest BCUT2D eigenvalue weighted by Crippen LogP contribution is 2.27. The second kappa shape index (κ2) is 10.1. The number of anilines is 2. The van der Waals surface area contributed by atoms with Crippen LogP contribution in [0.1, 0.15) is 11.1 Å². The SMILES string of the molecule is Cc1c(=O)n(C)c(Nc2ccc(I)cc2F)c2c(=O)n(C)c(=O)n(-c3cccc(CC(=O)N4CC(O)C4)c3)c12. The number of likely N-dealkylation sites (tertiary alicyclic amines) is 1. The number of aryl methyl sites for hydroxylation is 1. The Labute approximate surface area is 235 Å². The molecule has 0 spiro atoms. The monoisotopic (exact) mass is 645 g/mol. The molecule has 0 bridgehead atoms. The van der Waals surface area contributed by atoms with Gasteiger partial charge in [-0.25, -0.2) is 9.18 Å². The number of aliphatic hydroxyl groups excluding tert-OH is 1. The van der Waals surface area contributed by atoms with Crippen molar-refractivity contribution in [1.82, 2.24) is 18.6 Å². The maximum atomic E-state index is 14.8. The number of aromatic nitrogens is 3. The van der Waals surface area contributed by atoms with Gasteiger partial charge in [-0.2, -0.15) is 0 Å². The Bertz CT molecular complexity index is 1840. The van der Waals surface area contributed by atoms with Crippen molar-refractivity contribution in [3.63, 3.8) is 0 Å². The van der Waals surface area contributed by atoms with Gasteiger partial charge >= 0.3 is 5.69 Å². The smallest absolute Gasteiger partial charge is 0.335 e. The summed E-state index contributed by atoms with van der Waals surface area (Å²) in [6.07, 6.45) is -0.462. The van der Waals surface area contributed by atoms with Gasteiger partial charge in [0, 0.05) is 36.3 Å². The second-order valence-electron chi connectivity index (χ2n) is 9.59. The Morgan fingerprint density at radius 3 is 2.46 bits per heavy atom. The van der Waals surface area contributed by atoms with E-state index in [1.165, 1.54) is 42.3 Å². The van der Waals surface area contributed by atoms with Crippen molar-refractivity contribution in [2.24, 2.45) is 14.1 Å². The first-order valence-corrected chi connectivity index (χ1v) is 13.2. The number of halogens is 2. The van der Waals surface area contributed by atoms with Crippen LogP contribution in [0.25, 0.3) is 16.6 Å². The molecule has 0 radical (unpaired) electrons. The molecule has 0 saturated carbocycles. The highest BCUT2D eigenvalue weighted by molar-refractivity contribution is 14.1. The first-order valence-electron chi connectivity index (χ1n) is 12.1. The third kappa shape index (κ3) is 4.67. The van der Waals surface area contributed by atoms with Crippen LogP contribution in [0.15, 0.2) is 56.8 Å². The molecule has 202 valence electrons. The van der Waals surface area contributed by atoms with E-state index in [9.17, 15) is 28.7 Å². The zero-order chi connectivity index (χ0) is 28.2. The molecule has 1 saturated heterocycles. The lowest BCUT2D eigenvalue weighted by molar-refractivity contribution is -0.140. The number of amides is 1. The van der Waals surface area contributed by atoms with Crippen LogP contribution in [0.4, 0.5) is 15.9 Å². The molecule has 0 unspecified atom stereocenters. The van der Waals surface area contributed by atoms with Gasteiger partial charge in [0.15, 0.2) is 0 Å². The molecule has 3 heterocycles. The molecular formula is C27H25FIN5O5. The van der Waals surface area contributed by atoms with E-state index in [-0.39, 0.29) is 53.4 Å². The molecule has 2 aromatic heterocycles. The lowest BCUT2D eigenvalue weighted by atomic mass is 10.1. The van der Waals surface area contributed by atoms with Crippen molar-refractivity contribution < 1.29 is 14.3 Å². The Kier molecular flexibility index (Phi) is 6.93. The van der Waals surface area contributed by atoms with E-state index in [0.717, 1.165) is 4.57 Å². The topological polar surface area (TPSA) is 119 Å². The summed E-state index contributed by atoms with van der Waals surface area (Å²) in [6.45, 7) is 2.09. The molecule has 5 rings (SSSR count). The van der Waals surface area contributed by atoms with E-state index in [0.29, 0.717) is 14.8 Å². The number of rotatable bonds is 5. The number of fused-ring (bicyclic) bond motifs is 1. The van der Waals surface area contributed by atoms with Crippen LogP contribution in [0.3, 0.4) is 0 Å². The summed E-state index contributed by atoms with van der Waals surface area (Å²) in [5.74, 6) is -0.691. The molecule has 2 N–H and O–H groups in total. The first-order chi connectivity index (χ1) is 18.5. The van der Waals surface area contributed by atoms with Crippen molar-refractivity contribution in [3.05, 3.63) is 94.2 Å². The average molecular weight is 645 g/mol. The predicted molar refractivity (Wildman–Crippen MR) is 153 cm³/mol. The normalized spacial score (nSPS) is 13.5. The number of nitrogens with one attached hydrogen (secondary N) is 1. The number of hydrogen-bond acceptors (Lipinski definition) is 6. The molecule has 0 aliphatic carbocycles. The molecular weight excluding hydrogens is 620 g/mol. The number of benzene rings is 2. The number of nitrogens with zero attached hydrogens (tertiary/aromatic N) is 4. The number of pyridine rings is 1.